The van der Waals surface area contributed by atoms with Gasteiger partial charge in [-0.15, -0.1) is 0 Å². The molecule has 3 heterocycles. The van der Waals surface area contributed by atoms with Crippen molar-refractivity contribution in [3.8, 4) is 0 Å². The SMILES string of the molecule is O=C(O)CN1CCN(c2nccc3occc23)CC1. The van der Waals surface area contributed by atoms with Gasteiger partial charge in [0.1, 0.15) is 11.4 Å². The first kappa shape index (κ1) is 12.0. The maximum atomic E-state index is 10.7. The van der Waals surface area contributed by atoms with Crippen LogP contribution in [-0.2, 0) is 4.79 Å². The number of fused-ring (bicyclic) bond motifs is 1. The highest BCUT2D eigenvalue weighted by Gasteiger charge is 2.21. The van der Waals surface area contributed by atoms with Crippen LogP contribution in [0.15, 0.2) is 29.0 Å². The maximum absolute atomic E-state index is 10.7. The summed E-state index contributed by atoms with van der Waals surface area (Å²) >= 11 is 0. The van der Waals surface area contributed by atoms with Crippen molar-refractivity contribution in [2.45, 2.75) is 0 Å². The van der Waals surface area contributed by atoms with Crippen molar-refractivity contribution in [1.82, 2.24) is 9.88 Å². The molecule has 0 atom stereocenters. The van der Waals surface area contributed by atoms with E-state index in [1.165, 1.54) is 0 Å². The first-order chi connectivity index (χ1) is 9.24. The van der Waals surface area contributed by atoms with E-state index >= 15 is 0 Å². The number of hydrogen-bond donors (Lipinski definition) is 1. The number of pyridine rings is 1. The largest absolute Gasteiger partial charge is 0.480 e. The van der Waals surface area contributed by atoms with Gasteiger partial charge in [-0.1, -0.05) is 0 Å². The van der Waals surface area contributed by atoms with Crippen molar-refractivity contribution in [2.24, 2.45) is 0 Å². The summed E-state index contributed by atoms with van der Waals surface area (Å²) in [5, 5.41) is 9.79. The molecule has 2 aromatic rings. The zero-order valence-corrected chi connectivity index (χ0v) is 10.5. The van der Waals surface area contributed by atoms with Crippen LogP contribution in [0.25, 0.3) is 11.0 Å². The number of carboxylic acids is 1. The van der Waals surface area contributed by atoms with E-state index in [2.05, 4.69) is 9.88 Å². The second kappa shape index (κ2) is 4.89. The van der Waals surface area contributed by atoms with Gasteiger partial charge in [0.05, 0.1) is 18.2 Å². The third-order valence-electron chi connectivity index (χ3n) is 3.39. The van der Waals surface area contributed by atoms with Gasteiger partial charge in [0.2, 0.25) is 0 Å². The molecule has 6 nitrogen and oxygen atoms in total. The lowest BCUT2D eigenvalue weighted by atomic mass is 10.2. The molecule has 0 aromatic carbocycles. The third kappa shape index (κ3) is 2.39. The van der Waals surface area contributed by atoms with Crippen LogP contribution in [0.4, 0.5) is 5.82 Å². The summed E-state index contributed by atoms with van der Waals surface area (Å²) in [4.78, 5) is 19.2. The molecule has 0 aliphatic carbocycles. The van der Waals surface area contributed by atoms with Crippen LogP contribution in [-0.4, -0.2) is 53.7 Å². The summed E-state index contributed by atoms with van der Waals surface area (Å²) in [6.07, 6.45) is 3.40. The maximum Gasteiger partial charge on any atom is 0.317 e. The highest BCUT2D eigenvalue weighted by molar-refractivity contribution is 5.88. The van der Waals surface area contributed by atoms with Gasteiger partial charge in [-0.3, -0.25) is 9.69 Å². The number of carboxylic acid groups (broad SMARTS) is 1. The van der Waals surface area contributed by atoms with Gasteiger partial charge < -0.3 is 14.4 Å². The molecular weight excluding hydrogens is 246 g/mol. The van der Waals surface area contributed by atoms with Crippen LogP contribution in [0.1, 0.15) is 0 Å². The van der Waals surface area contributed by atoms with Crippen LogP contribution in [0, 0.1) is 0 Å². The molecule has 0 amide bonds. The lowest BCUT2D eigenvalue weighted by Crippen LogP contribution is -2.48. The fourth-order valence-corrected chi connectivity index (χ4v) is 2.44. The first-order valence-corrected chi connectivity index (χ1v) is 6.25. The number of carbonyl (C=O) groups is 1. The normalized spacial score (nSPS) is 16.9. The monoisotopic (exact) mass is 261 g/mol. The molecule has 0 saturated carbocycles. The Hall–Kier alpha value is -2.08. The zero-order chi connectivity index (χ0) is 13.2. The van der Waals surface area contributed by atoms with Gasteiger partial charge in [0.15, 0.2) is 0 Å². The molecule has 6 heteroatoms. The number of aliphatic carboxylic acids is 1. The Kier molecular flexibility index (Phi) is 3.08. The van der Waals surface area contributed by atoms with Gasteiger partial charge in [-0.2, -0.15) is 0 Å². The topological polar surface area (TPSA) is 69.8 Å². The average Bonchev–Trinajstić information content (AvgIpc) is 2.87. The predicted molar refractivity (Wildman–Crippen MR) is 70.3 cm³/mol. The minimum atomic E-state index is -0.775. The number of hydrogen-bond acceptors (Lipinski definition) is 5. The van der Waals surface area contributed by atoms with Gasteiger partial charge >= 0.3 is 5.97 Å². The highest BCUT2D eigenvalue weighted by atomic mass is 16.4. The van der Waals surface area contributed by atoms with Crippen molar-refractivity contribution in [1.29, 1.82) is 0 Å². The molecule has 1 aliphatic rings. The smallest absolute Gasteiger partial charge is 0.317 e. The average molecular weight is 261 g/mol. The number of nitrogens with zero attached hydrogens (tertiary/aromatic N) is 3. The van der Waals surface area contributed by atoms with Gasteiger partial charge in [0.25, 0.3) is 0 Å². The van der Waals surface area contributed by atoms with Crippen LogP contribution in [0.3, 0.4) is 0 Å². The Labute approximate surface area is 110 Å². The van der Waals surface area contributed by atoms with Crippen molar-refractivity contribution in [2.75, 3.05) is 37.6 Å². The highest BCUT2D eigenvalue weighted by Crippen LogP contribution is 2.25. The molecule has 1 N–H and O–H groups in total. The van der Waals surface area contributed by atoms with Crippen LogP contribution >= 0.6 is 0 Å². The van der Waals surface area contributed by atoms with Crippen molar-refractivity contribution >= 4 is 22.8 Å². The zero-order valence-electron chi connectivity index (χ0n) is 10.5. The van der Waals surface area contributed by atoms with Gasteiger partial charge in [-0.25, -0.2) is 4.98 Å². The van der Waals surface area contributed by atoms with Crippen molar-refractivity contribution in [3.05, 3.63) is 24.6 Å². The summed E-state index contributed by atoms with van der Waals surface area (Å²) in [7, 11) is 0. The van der Waals surface area contributed by atoms with Crippen LogP contribution < -0.4 is 4.90 Å². The molecule has 0 spiro atoms. The van der Waals surface area contributed by atoms with E-state index in [1.54, 1.807) is 12.5 Å². The second-order valence-corrected chi connectivity index (χ2v) is 4.62. The number of rotatable bonds is 3. The number of anilines is 1. The summed E-state index contributed by atoms with van der Waals surface area (Å²) < 4.78 is 5.37. The van der Waals surface area contributed by atoms with E-state index in [1.807, 2.05) is 17.0 Å². The summed E-state index contributed by atoms with van der Waals surface area (Å²) in [5.74, 6) is 0.143. The molecule has 3 rings (SSSR count). The Morgan fingerprint density at radius 1 is 1.32 bits per heavy atom. The van der Waals surface area contributed by atoms with E-state index < -0.39 is 5.97 Å². The third-order valence-corrected chi connectivity index (χ3v) is 3.39. The number of piperazine rings is 1. The predicted octanol–water partition coefficient (Wildman–Crippen LogP) is 1.03. The van der Waals surface area contributed by atoms with Crippen molar-refractivity contribution in [3.63, 3.8) is 0 Å². The molecule has 0 bridgehead atoms. The minimum absolute atomic E-state index is 0.108. The van der Waals surface area contributed by atoms with E-state index in [4.69, 9.17) is 9.52 Å². The van der Waals surface area contributed by atoms with Gasteiger partial charge in [-0.05, 0) is 12.1 Å². The van der Waals surface area contributed by atoms with E-state index in [0.29, 0.717) is 0 Å². The number of furan rings is 1. The van der Waals surface area contributed by atoms with Crippen molar-refractivity contribution < 1.29 is 14.3 Å². The molecule has 0 radical (unpaired) electrons. The molecular formula is C13H15N3O3. The van der Waals surface area contributed by atoms with E-state index in [-0.39, 0.29) is 6.54 Å². The molecule has 1 fully saturated rings. The Bertz CT molecular complexity index is 588. The molecule has 1 saturated heterocycles. The summed E-state index contributed by atoms with van der Waals surface area (Å²) in [6.45, 7) is 3.15. The second-order valence-electron chi connectivity index (χ2n) is 4.62. The molecule has 19 heavy (non-hydrogen) atoms. The lowest BCUT2D eigenvalue weighted by molar-refractivity contribution is -0.138. The molecule has 100 valence electrons. The lowest BCUT2D eigenvalue weighted by Gasteiger charge is -2.34. The Morgan fingerprint density at radius 3 is 2.84 bits per heavy atom. The summed E-state index contributed by atoms with van der Waals surface area (Å²) in [6, 6.07) is 3.76. The summed E-state index contributed by atoms with van der Waals surface area (Å²) in [5.41, 5.74) is 0.831. The van der Waals surface area contributed by atoms with Crippen LogP contribution in [0.2, 0.25) is 0 Å². The van der Waals surface area contributed by atoms with Crippen LogP contribution in [0.5, 0.6) is 0 Å². The standard InChI is InChI=1S/C13H15N3O3/c17-12(18)9-15-4-6-16(7-5-15)13-10-2-8-19-11(10)1-3-14-13/h1-3,8H,4-7,9H2,(H,17,18). The molecule has 0 unspecified atom stereocenters. The fourth-order valence-electron chi connectivity index (χ4n) is 2.44. The van der Waals surface area contributed by atoms with Gasteiger partial charge in [0, 0.05) is 32.4 Å². The Morgan fingerprint density at radius 2 is 2.11 bits per heavy atom. The minimum Gasteiger partial charge on any atom is -0.480 e. The quantitative estimate of drug-likeness (QED) is 0.890. The fraction of sp³-hybridized carbons (Fsp3) is 0.385. The number of aromatic nitrogens is 1. The van der Waals surface area contributed by atoms with E-state index in [9.17, 15) is 4.79 Å². The van der Waals surface area contributed by atoms with E-state index in [0.717, 1.165) is 43.0 Å². The molecule has 2 aromatic heterocycles. The Balaban J connectivity index is 1.75. The molecule has 1 aliphatic heterocycles. The first-order valence-electron chi connectivity index (χ1n) is 6.25.